The van der Waals surface area contributed by atoms with Crippen molar-refractivity contribution in [3.05, 3.63) is 63.7 Å². The van der Waals surface area contributed by atoms with Crippen LogP contribution in [0, 0.1) is 11.7 Å². The molecule has 9 heteroatoms. The number of carboxylic acids is 1. The summed E-state index contributed by atoms with van der Waals surface area (Å²) in [5, 5.41) is 9.48. The summed E-state index contributed by atoms with van der Waals surface area (Å²) in [6.07, 6.45) is 2.00. The molecule has 1 aromatic heterocycles. The Morgan fingerprint density at radius 2 is 1.97 bits per heavy atom. The minimum Gasteiger partial charge on any atom is -0.492 e. The quantitative estimate of drug-likeness (QED) is 0.552. The largest absolute Gasteiger partial charge is 0.492 e. The number of Topliss-reactive ketones (excluding diaryl/α,β-unsaturated/α-hetero) is 1. The third-order valence-corrected chi connectivity index (χ3v) is 6.09. The monoisotopic (exact) mass is 453 g/mol. The molecule has 8 nitrogen and oxygen atoms in total. The number of pyridine rings is 1. The second-order valence-corrected chi connectivity index (χ2v) is 8.12. The van der Waals surface area contributed by atoms with Crippen molar-refractivity contribution >= 4 is 28.3 Å². The fourth-order valence-corrected chi connectivity index (χ4v) is 4.34. The second kappa shape index (κ2) is 8.67. The number of rotatable bonds is 6. The van der Waals surface area contributed by atoms with E-state index in [0.29, 0.717) is 30.9 Å². The van der Waals surface area contributed by atoms with Gasteiger partial charge in [-0.05, 0) is 56.1 Å². The molecule has 0 radical (unpaired) electrons. The third kappa shape index (κ3) is 3.84. The molecular weight excluding hydrogens is 429 g/mol. The Balaban J connectivity index is 2.06. The first-order valence-electron chi connectivity index (χ1n) is 10.5. The van der Waals surface area contributed by atoms with E-state index in [2.05, 4.69) is 0 Å². The maximum Gasteiger partial charge on any atom is 0.341 e. The Morgan fingerprint density at radius 1 is 1.27 bits per heavy atom. The van der Waals surface area contributed by atoms with Crippen molar-refractivity contribution in [1.29, 1.82) is 0 Å². The minimum absolute atomic E-state index is 0.113. The van der Waals surface area contributed by atoms with E-state index in [1.54, 1.807) is 24.3 Å². The number of carboxylic acid groups (broad SMARTS) is 1. The number of hydrogen-bond acceptors (Lipinski definition) is 6. The van der Waals surface area contributed by atoms with Gasteiger partial charge in [0.2, 0.25) is 5.43 Å². The molecule has 1 fully saturated rings. The standard InChI is InChI=1S/C24H24FN3O5/c1-13(29)15-3-5-16(6-4-15)28-12-18(24(31)32)22(30)17-9-19(25)21(23(33-2)20(17)28)27-8-7-14(10-26)11-27/h3-6,9,12,14H,7-8,10-11,26H2,1-2H3,(H,31,32). The summed E-state index contributed by atoms with van der Waals surface area (Å²) in [6.45, 7) is 3.03. The van der Waals surface area contributed by atoms with Crippen molar-refractivity contribution in [3.63, 3.8) is 0 Å². The van der Waals surface area contributed by atoms with E-state index < -0.39 is 22.8 Å². The fraction of sp³-hybridized carbons (Fsp3) is 0.292. The van der Waals surface area contributed by atoms with E-state index in [1.807, 2.05) is 4.90 Å². The Labute approximate surface area is 189 Å². The van der Waals surface area contributed by atoms with Gasteiger partial charge in [0.25, 0.3) is 0 Å². The minimum atomic E-state index is -1.43. The van der Waals surface area contributed by atoms with E-state index >= 15 is 4.39 Å². The summed E-state index contributed by atoms with van der Waals surface area (Å²) in [7, 11) is 1.38. The van der Waals surface area contributed by atoms with Crippen molar-refractivity contribution in [2.24, 2.45) is 11.7 Å². The Hall–Kier alpha value is -3.72. The van der Waals surface area contributed by atoms with Crippen LogP contribution in [0.4, 0.5) is 10.1 Å². The van der Waals surface area contributed by atoms with Crippen LogP contribution in [0.3, 0.4) is 0 Å². The molecule has 1 saturated heterocycles. The van der Waals surface area contributed by atoms with Crippen molar-refractivity contribution in [2.75, 3.05) is 31.6 Å². The van der Waals surface area contributed by atoms with E-state index in [9.17, 15) is 19.5 Å². The second-order valence-electron chi connectivity index (χ2n) is 8.12. The van der Waals surface area contributed by atoms with E-state index in [-0.39, 0.29) is 34.0 Å². The van der Waals surface area contributed by atoms with Crippen LogP contribution in [-0.4, -0.2) is 48.2 Å². The Bertz CT molecular complexity index is 1320. The van der Waals surface area contributed by atoms with E-state index in [4.69, 9.17) is 10.5 Å². The molecule has 0 saturated carbocycles. The summed E-state index contributed by atoms with van der Waals surface area (Å²) < 4.78 is 22.5. The number of carbonyl (C=O) groups is 2. The highest BCUT2D eigenvalue weighted by Crippen LogP contribution is 2.40. The first kappa shape index (κ1) is 22.5. The highest BCUT2D eigenvalue weighted by atomic mass is 19.1. The lowest BCUT2D eigenvalue weighted by molar-refractivity contribution is 0.0694. The molecule has 2 heterocycles. The van der Waals surface area contributed by atoms with Gasteiger partial charge in [-0.2, -0.15) is 0 Å². The molecule has 1 aliphatic heterocycles. The third-order valence-electron chi connectivity index (χ3n) is 6.09. The lowest BCUT2D eigenvalue weighted by atomic mass is 10.1. The zero-order chi connectivity index (χ0) is 23.9. The number of halogens is 1. The highest BCUT2D eigenvalue weighted by Gasteiger charge is 2.30. The number of aromatic nitrogens is 1. The first-order chi connectivity index (χ1) is 15.8. The first-order valence-corrected chi connectivity index (χ1v) is 10.5. The number of hydrogen-bond donors (Lipinski definition) is 2. The molecule has 0 spiro atoms. The molecule has 1 unspecified atom stereocenters. The van der Waals surface area contributed by atoms with Crippen LogP contribution in [0.1, 0.15) is 34.1 Å². The molecule has 3 N–H and O–H groups in total. The number of fused-ring (bicyclic) bond motifs is 1. The number of benzene rings is 2. The lowest BCUT2D eigenvalue weighted by Gasteiger charge is -2.24. The van der Waals surface area contributed by atoms with Gasteiger partial charge in [-0.15, -0.1) is 0 Å². The van der Waals surface area contributed by atoms with Gasteiger partial charge in [-0.25, -0.2) is 9.18 Å². The van der Waals surface area contributed by atoms with Gasteiger partial charge in [-0.1, -0.05) is 0 Å². The number of ketones is 1. The van der Waals surface area contributed by atoms with Crippen LogP contribution in [0.5, 0.6) is 5.75 Å². The molecule has 0 aliphatic carbocycles. The maximum atomic E-state index is 15.4. The normalized spacial score (nSPS) is 15.8. The summed E-state index contributed by atoms with van der Waals surface area (Å²) in [4.78, 5) is 38.2. The number of aromatic carboxylic acids is 1. The zero-order valence-corrected chi connectivity index (χ0v) is 18.3. The summed E-state index contributed by atoms with van der Waals surface area (Å²) in [6, 6.07) is 7.54. The highest BCUT2D eigenvalue weighted by molar-refractivity contribution is 5.98. The topological polar surface area (TPSA) is 115 Å². The molecule has 2 aromatic carbocycles. The van der Waals surface area contributed by atoms with Gasteiger partial charge in [0.05, 0.1) is 12.5 Å². The van der Waals surface area contributed by atoms with Gasteiger partial charge >= 0.3 is 5.97 Å². The predicted molar refractivity (Wildman–Crippen MR) is 122 cm³/mol. The molecule has 172 valence electrons. The number of carbonyl (C=O) groups excluding carboxylic acids is 1. The van der Waals surface area contributed by atoms with Gasteiger partial charge < -0.3 is 25.0 Å². The van der Waals surface area contributed by atoms with Gasteiger partial charge in [0, 0.05) is 30.5 Å². The number of anilines is 1. The molecule has 1 aliphatic rings. The maximum absolute atomic E-state index is 15.4. The van der Waals surface area contributed by atoms with Crippen LogP contribution in [0.2, 0.25) is 0 Å². The van der Waals surface area contributed by atoms with Crippen LogP contribution >= 0.6 is 0 Å². The van der Waals surface area contributed by atoms with Gasteiger partial charge in [0.1, 0.15) is 16.8 Å². The van der Waals surface area contributed by atoms with Crippen LogP contribution in [-0.2, 0) is 0 Å². The number of nitrogens with two attached hydrogens (primary N) is 1. The van der Waals surface area contributed by atoms with Crippen LogP contribution < -0.4 is 20.8 Å². The van der Waals surface area contributed by atoms with Gasteiger partial charge in [0.15, 0.2) is 17.3 Å². The zero-order valence-electron chi connectivity index (χ0n) is 18.3. The summed E-state index contributed by atoms with van der Waals surface area (Å²) in [5.41, 5.74) is 5.91. The molecule has 4 rings (SSSR count). The molecular formula is C24H24FN3O5. The van der Waals surface area contributed by atoms with Crippen molar-refractivity contribution in [3.8, 4) is 11.4 Å². The summed E-state index contributed by atoms with van der Waals surface area (Å²) >= 11 is 0. The summed E-state index contributed by atoms with van der Waals surface area (Å²) in [5.74, 6) is -1.88. The van der Waals surface area contributed by atoms with Crippen LogP contribution in [0.25, 0.3) is 16.6 Å². The molecule has 3 aromatic rings. The number of methoxy groups -OCH3 is 1. The fourth-order valence-electron chi connectivity index (χ4n) is 4.34. The van der Waals surface area contributed by atoms with Crippen LogP contribution in [0.15, 0.2) is 41.3 Å². The average Bonchev–Trinajstić information content (AvgIpc) is 3.27. The molecule has 0 bridgehead atoms. The molecule has 1 atom stereocenters. The van der Waals surface area contributed by atoms with Crippen molar-refractivity contribution in [1.82, 2.24) is 4.57 Å². The predicted octanol–water partition coefficient (Wildman–Crippen LogP) is 2.82. The van der Waals surface area contributed by atoms with Crippen molar-refractivity contribution in [2.45, 2.75) is 13.3 Å². The smallest absolute Gasteiger partial charge is 0.341 e. The van der Waals surface area contributed by atoms with E-state index in [0.717, 1.165) is 12.5 Å². The number of nitrogens with zero attached hydrogens (tertiary/aromatic N) is 2. The number of ether oxygens (including phenoxy) is 1. The lowest BCUT2D eigenvalue weighted by Crippen LogP contribution is -2.25. The molecule has 0 amide bonds. The van der Waals surface area contributed by atoms with Gasteiger partial charge in [-0.3, -0.25) is 9.59 Å². The average molecular weight is 453 g/mol. The van der Waals surface area contributed by atoms with E-state index in [1.165, 1.54) is 24.8 Å². The SMILES string of the molecule is COc1c(N2CCC(CN)C2)c(F)cc2c(=O)c(C(=O)O)cn(-c3ccc(C(C)=O)cc3)c12. The Morgan fingerprint density at radius 3 is 2.52 bits per heavy atom. The van der Waals surface area contributed by atoms with Crippen molar-refractivity contribution < 1.29 is 23.8 Å². The molecule has 33 heavy (non-hydrogen) atoms. The Kier molecular flexibility index (Phi) is 5.90.